The number of ether oxygens (including phenoxy) is 1. The molecule has 0 amide bonds. The molecular weight excluding hydrogens is 210 g/mol. The molecule has 0 aliphatic rings. The van der Waals surface area contributed by atoms with Crippen LogP contribution < -0.4 is 10.1 Å². The monoisotopic (exact) mass is 236 g/mol. The van der Waals surface area contributed by atoms with Gasteiger partial charge in [0.25, 0.3) is 0 Å². The maximum atomic E-state index is 5.75. The van der Waals surface area contributed by atoms with Gasteiger partial charge in [-0.15, -0.1) is 0 Å². The van der Waals surface area contributed by atoms with E-state index in [1.165, 1.54) is 37.1 Å². The van der Waals surface area contributed by atoms with Crippen LogP contribution in [0.2, 0.25) is 0 Å². The van der Waals surface area contributed by atoms with Gasteiger partial charge in [-0.25, -0.2) is 0 Å². The Hall–Kier alpha value is -1.02. The number of aryl methyl sites for hydroxylation is 2. The summed E-state index contributed by atoms with van der Waals surface area (Å²) in [6.07, 6.45) is 3.73. The van der Waals surface area contributed by atoms with Crippen LogP contribution in [0.3, 0.4) is 0 Å². The summed E-state index contributed by atoms with van der Waals surface area (Å²) in [6, 6.07) is 6.38. The fraction of sp³-hybridized carbons (Fsp3) is 0.600. The van der Waals surface area contributed by atoms with Crippen molar-refractivity contribution >= 4 is 0 Å². The molecule has 2 N–H and O–H groups in total. The fourth-order valence-electron chi connectivity index (χ4n) is 1.93. The van der Waals surface area contributed by atoms with Gasteiger partial charge in [-0.2, -0.15) is 0 Å². The zero-order chi connectivity index (χ0) is 12.5. The normalized spacial score (nSPS) is 10.5. The van der Waals surface area contributed by atoms with Crippen LogP contribution in [0.1, 0.15) is 37.3 Å². The van der Waals surface area contributed by atoms with Crippen molar-refractivity contribution in [2.75, 3.05) is 19.7 Å². The lowest BCUT2D eigenvalue weighted by atomic mass is 10.1. The van der Waals surface area contributed by atoms with Crippen LogP contribution in [0.25, 0.3) is 0 Å². The third kappa shape index (κ3) is 6.32. The van der Waals surface area contributed by atoms with E-state index in [4.69, 9.17) is 4.74 Å². The van der Waals surface area contributed by atoms with Gasteiger partial charge in [0, 0.05) is 6.42 Å². The fourth-order valence-corrected chi connectivity index (χ4v) is 1.93. The first-order valence-corrected chi connectivity index (χ1v) is 6.75. The Morgan fingerprint density at radius 3 is 2.29 bits per heavy atom. The molecule has 0 aromatic heterocycles. The summed E-state index contributed by atoms with van der Waals surface area (Å²) < 4.78 is 5.75. The molecule has 0 atom stereocenters. The molecule has 1 aromatic rings. The summed E-state index contributed by atoms with van der Waals surface area (Å²) in [5.41, 5.74) is 2.55. The molecule has 1 aromatic carbocycles. The predicted octanol–water partition coefficient (Wildman–Crippen LogP) is 2.44. The molecule has 0 saturated carbocycles. The number of benzene rings is 1. The van der Waals surface area contributed by atoms with Crippen molar-refractivity contribution in [2.45, 2.75) is 40.0 Å². The first-order chi connectivity index (χ1) is 8.22. The van der Waals surface area contributed by atoms with Gasteiger partial charge < -0.3 is 10.1 Å². The van der Waals surface area contributed by atoms with Crippen molar-refractivity contribution in [3.8, 4) is 5.75 Å². The third-order valence-electron chi connectivity index (χ3n) is 2.78. The summed E-state index contributed by atoms with van der Waals surface area (Å²) in [5.74, 6) is 1.01. The molecule has 17 heavy (non-hydrogen) atoms. The molecule has 0 aliphatic carbocycles. The molecule has 0 unspecified atom stereocenters. The Morgan fingerprint density at radius 1 is 1.00 bits per heavy atom. The lowest BCUT2D eigenvalue weighted by Gasteiger charge is -2.07. The molecular formula is C15H26NO+. The number of unbranched alkanes of at least 4 members (excludes halogenated alkanes) is 1. The molecule has 2 heteroatoms. The largest absolute Gasteiger partial charge is 0.493 e. The van der Waals surface area contributed by atoms with Crippen molar-refractivity contribution in [2.24, 2.45) is 0 Å². The summed E-state index contributed by atoms with van der Waals surface area (Å²) in [5, 5.41) is 2.38. The Bertz CT molecular complexity index is 302. The average molecular weight is 236 g/mol. The predicted molar refractivity (Wildman–Crippen MR) is 72.6 cm³/mol. The van der Waals surface area contributed by atoms with Gasteiger partial charge in [-0.3, -0.25) is 0 Å². The molecule has 1 rings (SSSR count). The van der Waals surface area contributed by atoms with Gasteiger partial charge in [-0.05, 0) is 43.5 Å². The van der Waals surface area contributed by atoms with E-state index in [2.05, 4.69) is 44.3 Å². The van der Waals surface area contributed by atoms with Gasteiger partial charge in [0.15, 0.2) is 0 Å². The Balaban J connectivity index is 2.13. The van der Waals surface area contributed by atoms with E-state index in [0.29, 0.717) is 0 Å². The van der Waals surface area contributed by atoms with Gasteiger partial charge in [0.05, 0.1) is 19.7 Å². The molecule has 0 aliphatic heterocycles. The molecule has 0 bridgehead atoms. The number of rotatable bonds is 8. The summed E-state index contributed by atoms with van der Waals surface area (Å²) in [4.78, 5) is 0. The van der Waals surface area contributed by atoms with Gasteiger partial charge in [0.2, 0.25) is 0 Å². The van der Waals surface area contributed by atoms with Crippen LogP contribution in [0.5, 0.6) is 5.75 Å². The minimum absolute atomic E-state index is 0.825. The molecule has 0 fully saturated rings. The minimum Gasteiger partial charge on any atom is -0.493 e. The van der Waals surface area contributed by atoms with Crippen molar-refractivity contribution in [3.63, 3.8) is 0 Å². The van der Waals surface area contributed by atoms with Crippen molar-refractivity contribution in [1.29, 1.82) is 0 Å². The van der Waals surface area contributed by atoms with E-state index < -0.39 is 0 Å². The van der Waals surface area contributed by atoms with Gasteiger partial charge in [-0.1, -0.05) is 19.4 Å². The van der Waals surface area contributed by atoms with E-state index in [1.807, 2.05) is 0 Å². The van der Waals surface area contributed by atoms with Crippen LogP contribution >= 0.6 is 0 Å². The maximum Gasteiger partial charge on any atom is 0.119 e. The Morgan fingerprint density at radius 2 is 1.65 bits per heavy atom. The van der Waals surface area contributed by atoms with Crippen LogP contribution in [0.15, 0.2) is 18.2 Å². The standard InChI is InChI=1S/C15H25NO/c1-4-5-7-16-8-6-9-17-15-11-13(2)10-14(3)12-15/h10-12,16H,4-9H2,1-3H3/p+1. The lowest BCUT2D eigenvalue weighted by molar-refractivity contribution is -0.655. The van der Waals surface area contributed by atoms with Crippen molar-refractivity contribution < 1.29 is 10.1 Å². The van der Waals surface area contributed by atoms with Crippen LogP contribution in [0, 0.1) is 13.8 Å². The van der Waals surface area contributed by atoms with Gasteiger partial charge >= 0.3 is 0 Å². The van der Waals surface area contributed by atoms with Crippen molar-refractivity contribution in [1.82, 2.24) is 0 Å². The minimum atomic E-state index is 0.825. The second-order valence-corrected chi connectivity index (χ2v) is 4.75. The Kier molecular flexibility index (Phi) is 6.71. The highest BCUT2D eigenvalue weighted by atomic mass is 16.5. The quantitative estimate of drug-likeness (QED) is 0.689. The number of hydrogen-bond donors (Lipinski definition) is 1. The topological polar surface area (TPSA) is 25.8 Å². The zero-order valence-corrected chi connectivity index (χ0v) is 11.5. The highest BCUT2D eigenvalue weighted by Gasteiger charge is 1.97. The van der Waals surface area contributed by atoms with Gasteiger partial charge in [0.1, 0.15) is 5.75 Å². The smallest absolute Gasteiger partial charge is 0.119 e. The molecule has 0 radical (unpaired) electrons. The summed E-state index contributed by atoms with van der Waals surface area (Å²) in [7, 11) is 0. The zero-order valence-electron chi connectivity index (χ0n) is 11.5. The van der Waals surface area contributed by atoms with E-state index in [1.54, 1.807) is 0 Å². The van der Waals surface area contributed by atoms with Crippen LogP contribution in [-0.4, -0.2) is 19.7 Å². The van der Waals surface area contributed by atoms with E-state index in [9.17, 15) is 0 Å². The molecule has 96 valence electrons. The van der Waals surface area contributed by atoms with Crippen molar-refractivity contribution in [3.05, 3.63) is 29.3 Å². The van der Waals surface area contributed by atoms with Crippen LogP contribution in [0.4, 0.5) is 0 Å². The summed E-state index contributed by atoms with van der Waals surface area (Å²) in [6.45, 7) is 9.70. The Labute approximate surface area is 105 Å². The lowest BCUT2D eigenvalue weighted by Crippen LogP contribution is -2.84. The first kappa shape index (κ1) is 14.0. The number of quaternary nitrogens is 1. The molecule has 0 saturated heterocycles. The summed E-state index contributed by atoms with van der Waals surface area (Å²) >= 11 is 0. The second kappa shape index (κ2) is 8.13. The highest BCUT2D eigenvalue weighted by molar-refractivity contribution is 5.32. The third-order valence-corrected chi connectivity index (χ3v) is 2.78. The van der Waals surface area contributed by atoms with E-state index in [0.717, 1.165) is 18.8 Å². The number of hydrogen-bond acceptors (Lipinski definition) is 1. The first-order valence-electron chi connectivity index (χ1n) is 6.75. The average Bonchev–Trinajstić information content (AvgIpc) is 2.26. The molecule has 2 nitrogen and oxygen atoms in total. The highest BCUT2D eigenvalue weighted by Crippen LogP contribution is 2.16. The van der Waals surface area contributed by atoms with E-state index in [-0.39, 0.29) is 0 Å². The SMILES string of the molecule is CCCC[NH2+]CCCOc1cc(C)cc(C)c1. The number of nitrogens with two attached hydrogens (primary N) is 1. The van der Waals surface area contributed by atoms with E-state index >= 15 is 0 Å². The maximum absolute atomic E-state index is 5.75. The molecule has 0 heterocycles. The van der Waals surface area contributed by atoms with Crippen LogP contribution in [-0.2, 0) is 0 Å². The molecule has 0 spiro atoms. The second-order valence-electron chi connectivity index (χ2n) is 4.75.